The van der Waals surface area contributed by atoms with Crippen LogP contribution in [0.5, 0.6) is 0 Å². The van der Waals surface area contributed by atoms with Crippen molar-refractivity contribution in [3.8, 4) is 0 Å². The van der Waals surface area contributed by atoms with E-state index in [1.165, 1.54) is 6.07 Å². The third-order valence-electron chi connectivity index (χ3n) is 4.54. The Morgan fingerprint density at radius 1 is 1.38 bits per heavy atom. The van der Waals surface area contributed by atoms with Gasteiger partial charge in [0.2, 0.25) is 10.0 Å². The van der Waals surface area contributed by atoms with E-state index in [0.717, 1.165) is 31.9 Å². The van der Waals surface area contributed by atoms with Gasteiger partial charge in [-0.05, 0) is 49.4 Å². The highest BCUT2D eigenvalue weighted by molar-refractivity contribution is 7.89. The van der Waals surface area contributed by atoms with Crippen molar-refractivity contribution in [2.45, 2.75) is 43.7 Å². The second kappa shape index (κ2) is 5.66. The fraction of sp³-hybridized carbons (Fsp3) is 0.600. The zero-order valence-corrected chi connectivity index (χ0v) is 13.0. The summed E-state index contributed by atoms with van der Waals surface area (Å²) in [4.78, 5) is 0.121. The van der Waals surface area contributed by atoms with Crippen molar-refractivity contribution in [1.82, 2.24) is 9.62 Å². The minimum atomic E-state index is -3.60. The van der Waals surface area contributed by atoms with Crippen LogP contribution in [0.15, 0.2) is 23.1 Å². The van der Waals surface area contributed by atoms with Gasteiger partial charge in [0.1, 0.15) is 5.82 Å². The van der Waals surface area contributed by atoms with Crippen LogP contribution in [0.4, 0.5) is 4.39 Å². The highest BCUT2D eigenvalue weighted by Crippen LogP contribution is 2.41. The van der Waals surface area contributed by atoms with Crippen LogP contribution in [0.2, 0.25) is 0 Å². The molecule has 1 saturated carbocycles. The number of benzene rings is 1. The molecule has 1 N–H and O–H groups in total. The van der Waals surface area contributed by atoms with E-state index in [1.54, 1.807) is 10.4 Å². The van der Waals surface area contributed by atoms with E-state index in [9.17, 15) is 12.8 Å². The molecule has 1 aromatic carbocycles. The number of hydrogen-bond acceptors (Lipinski definition) is 3. The van der Waals surface area contributed by atoms with Crippen molar-refractivity contribution in [3.05, 3.63) is 29.6 Å². The first-order valence-corrected chi connectivity index (χ1v) is 8.97. The normalized spacial score (nSPS) is 25.6. The van der Waals surface area contributed by atoms with Gasteiger partial charge in [-0.2, -0.15) is 4.31 Å². The summed E-state index contributed by atoms with van der Waals surface area (Å²) in [5, 5.41) is 3.12. The smallest absolute Gasteiger partial charge is 0.243 e. The van der Waals surface area contributed by atoms with Gasteiger partial charge in [-0.1, -0.05) is 13.0 Å². The van der Waals surface area contributed by atoms with Crippen molar-refractivity contribution in [3.63, 3.8) is 0 Å². The van der Waals surface area contributed by atoms with Crippen molar-refractivity contribution in [2.75, 3.05) is 13.1 Å². The molecule has 116 valence electrons. The summed E-state index contributed by atoms with van der Waals surface area (Å²) in [6, 6.07) is 4.16. The van der Waals surface area contributed by atoms with E-state index in [-0.39, 0.29) is 10.9 Å². The molecule has 2 bridgehead atoms. The highest BCUT2D eigenvalue weighted by Gasteiger charge is 2.44. The molecule has 1 aliphatic heterocycles. The molecule has 0 radical (unpaired) electrons. The van der Waals surface area contributed by atoms with Crippen molar-refractivity contribution >= 4 is 10.0 Å². The van der Waals surface area contributed by atoms with Crippen LogP contribution in [-0.4, -0.2) is 31.9 Å². The number of halogens is 1. The summed E-state index contributed by atoms with van der Waals surface area (Å²) in [6.07, 6.45) is 3.00. The van der Waals surface area contributed by atoms with Gasteiger partial charge in [-0.15, -0.1) is 0 Å². The molecule has 0 spiro atoms. The molecule has 21 heavy (non-hydrogen) atoms. The molecule has 6 heteroatoms. The van der Waals surface area contributed by atoms with Gasteiger partial charge >= 0.3 is 0 Å². The highest BCUT2D eigenvalue weighted by atomic mass is 32.2. The van der Waals surface area contributed by atoms with Crippen LogP contribution in [-0.2, 0) is 16.6 Å². The molecule has 2 unspecified atom stereocenters. The second-order valence-corrected chi connectivity index (χ2v) is 7.80. The van der Waals surface area contributed by atoms with Crippen LogP contribution < -0.4 is 5.32 Å². The van der Waals surface area contributed by atoms with E-state index >= 15 is 0 Å². The molecule has 1 aliphatic carbocycles. The third-order valence-corrected chi connectivity index (χ3v) is 6.54. The maximum Gasteiger partial charge on any atom is 0.243 e. The molecule has 4 nitrogen and oxygen atoms in total. The minimum Gasteiger partial charge on any atom is -0.313 e. The monoisotopic (exact) mass is 312 g/mol. The lowest BCUT2D eigenvalue weighted by molar-refractivity contribution is 0.333. The number of nitrogens with one attached hydrogen (secondary N) is 1. The van der Waals surface area contributed by atoms with Crippen molar-refractivity contribution in [1.29, 1.82) is 0 Å². The molecular weight excluding hydrogens is 291 g/mol. The first kappa shape index (κ1) is 14.9. The topological polar surface area (TPSA) is 49.4 Å². The Balaban J connectivity index is 1.96. The minimum absolute atomic E-state index is 0.107. The summed E-state index contributed by atoms with van der Waals surface area (Å²) < 4.78 is 40.9. The summed E-state index contributed by atoms with van der Waals surface area (Å²) in [5.41, 5.74) is 0.640. The number of hydrogen-bond donors (Lipinski definition) is 1. The van der Waals surface area contributed by atoms with E-state index in [1.807, 2.05) is 6.92 Å². The molecular formula is C15H21FN2O2S. The predicted molar refractivity (Wildman–Crippen MR) is 78.8 cm³/mol. The Labute approximate surface area is 125 Å². The van der Waals surface area contributed by atoms with Crippen LogP contribution in [0.25, 0.3) is 0 Å². The average molecular weight is 312 g/mol. The van der Waals surface area contributed by atoms with Gasteiger partial charge in [-0.3, -0.25) is 0 Å². The lowest BCUT2D eigenvalue weighted by Gasteiger charge is -2.27. The Hall–Kier alpha value is -0.980. The lowest BCUT2D eigenvalue weighted by atomic mass is 10.1. The lowest BCUT2D eigenvalue weighted by Crippen LogP contribution is -2.38. The van der Waals surface area contributed by atoms with Gasteiger partial charge in [0.15, 0.2) is 0 Å². The summed E-state index contributed by atoms with van der Waals surface area (Å²) >= 11 is 0. The molecule has 1 aromatic rings. The fourth-order valence-electron chi connectivity index (χ4n) is 3.47. The summed E-state index contributed by atoms with van der Waals surface area (Å²) in [5.74, 6) is -0.0197. The Bertz CT molecular complexity index is 633. The van der Waals surface area contributed by atoms with Crippen LogP contribution in [0, 0.1) is 11.7 Å². The third kappa shape index (κ3) is 2.72. The number of sulfonamides is 1. The Morgan fingerprint density at radius 2 is 2.19 bits per heavy atom. The summed E-state index contributed by atoms with van der Waals surface area (Å²) in [7, 11) is -3.60. The standard InChI is InChI=1S/C15H21FN2O2S/c1-2-17-9-12-4-5-13(16)8-15(12)21(19,20)18-10-11-3-6-14(18)7-11/h4-5,8,11,14,17H,2-3,6-7,9-10H2,1H3. The zero-order valence-electron chi connectivity index (χ0n) is 12.2. The first-order valence-electron chi connectivity index (χ1n) is 7.53. The van der Waals surface area contributed by atoms with Crippen LogP contribution >= 0.6 is 0 Å². The van der Waals surface area contributed by atoms with Gasteiger partial charge < -0.3 is 5.32 Å². The van der Waals surface area contributed by atoms with E-state index in [4.69, 9.17) is 0 Å². The van der Waals surface area contributed by atoms with Gasteiger partial charge in [0.05, 0.1) is 4.90 Å². The largest absolute Gasteiger partial charge is 0.313 e. The molecule has 2 aliphatic rings. The van der Waals surface area contributed by atoms with Crippen LogP contribution in [0.3, 0.4) is 0 Å². The fourth-order valence-corrected chi connectivity index (χ4v) is 5.45. The molecule has 0 amide bonds. The SMILES string of the molecule is CCNCc1ccc(F)cc1S(=O)(=O)N1CC2CCC1C2. The second-order valence-electron chi connectivity index (χ2n) is 5.94. The number of rotatable bonds is 5. The van der Waals surface area contributed by atoms with Crippen molar-refractivity contribution < 1.29 is 12.8 Å². The van der Waals surface area contributed by atoms with Gasteiger partial charge in [0, 0.05) is 19.1 Å². The van der Waals surface area contributed by atoms with Gasteiger partial charge in [-0.25, -0.2) is 12.8 Å². The molecule has 1 heterocycles. The van der Waals surface area contributed by atoms with Crippen molar-refractivity contribution in [2.24, 2.45) is 5.92 Å². The first-order chi connectivity index (χ1) is 10.0. The number of nitrogens with zero attached hydrogens (tertiary/aromatic N) is 1. The number of piperidine rings is 1. The molecule has 2 atom stereocenters. The Kier molecular flexibility index (Phi) is 4.03. The number of fused-ring (bicyclic) bond motifs is 2. The van der Waals surface area contributed by atoms with E-state index < -0.39 is 15.8 Å². The van der Waals surface area contributed by atoms with E-state index in [0.29, 0.717) is 24.6 Å². The quantitative estimate of drug-likeness (QED) is 0.906. The average Bonchev–Trinajstić information content (AvgIpc) is 3.09. The summed E-state index contributed by atoms with van der Waals surface area (Å²) in [6.45, 7) is 3.72. The molecule has 1 saturated heterocycles. The molecule has 2 fully saturated rings. The zero-order chi connectivity index (χ0) is 15.0. The van der Waals surface area contributed by atoms with Gasteiger partial charge in [0.25, 0.3) is 0 Å². The molecule has 0 aromatic heterocycles. The van der Waals surface area contributed by atoms with Crippen LogP contribution in [0.1, 0.15) is 31.7 Å². The predicted octanol–water partition coefficient (Wildman–Crippen LogP) is 2.11. The molecule has 3 rings (SSSR count). The van der Waals surface area contributed by atoms with E-state index in [2.05, 4.69) is 5.32 Å². The maximum atomic E-state index is 13.6. The maximum absolute atomic E-state index is 13.6. The Morgan fingerprint density at radius 3 is 2.81 bits per heavy atom.